The van der Waals surface area contributed by atoms with Gasteiger partial charge in [-0.2, -0.15) is 0 Å². The summed E-state index contributed by atoms with van der Waals surface area (Å²) in [6, 6.07) is 0.0861. The van der Waals surface area contributed by atoms with Crippen molar-refractivity contribution in [3.8, 4) is 11.4 Å². The zero-order chi connectivity index (χ0) is 20.6. The highest BCUT2D eigenvalue weighted by Crippen LogP contribution is 2.34. The maximum Gasteiger partial charge on any atom is 0.247 e. The molecule has 4 rings (SSSR count). The Morgan fingerprint density at radius 3 is 2.45 bits per heavy atom. The first kappa shape index (κ1) is 19.7. The van der Waals surface area contributed by atoms with E-state index in [0.29, 0.717) is 28.7 Å². The van der Waals surface area contributed by atoms with E-state index in [1.54, 1.807) is 38.3 Å². The molecule has 9 nitrogen and oxygen atoms in total. The number of amides is 1. The molecule has 154 valence electrons. The molecule has 1 aliphatic heterocycles. The fourth-order valence-electron chi connectivity index (χ4n) is 3.85. The van der Waals surface area contributed by atoms with Crippen LogP contribution in [0, 0.1) is 0 Å². The van der Waals surface area contributed by atoms with Gasteiger partial charge in [-0.05, 0) is 39.5 Å². The van der Waals surface area contributed by atoms with Crippen molar-refractivity contribution in [1.82, 2.24) is 19.9 Å². The number of hydrogen-bond donors (Lipinski definition) is 2. The number of hydrogen-bond acceptors (Lipinski definition) is 8. The molecular formula is C20H26N6O3. The molecule has 0 bridgehead atoms. The number of rotatable bonds is 4. The van der Waals surface area contributed by atoms with Crippen LogP contribution >= 0.6 is 0 Å². The largest absolute Gasteiger partial charge is 0.384 e. The molecule has 2 aliphatic rings. The molecule has 1 fully saturated rings. The number of carbonyl (C=O) groups excluding carboxylic acids is 1. The number of fused-ring (bicyclic) bond motifs is 1. The highest BCUT2D eigenvalue weighted by Gasteiger charge is 2.35. The van der Waals surface area contributed by atoms with Crippen molar-refractivity contribution in [1.29, 1.82) is 0 Å². The molecule has 2 aromatic heterocycles. The number of aromatic nitrogens is 4. The third kappa shape index (κ3) is 3.92. The van der Waals surface area contributed by atoms with Gasteiger partial charge in [0.1, 0.15) is 17.0 Å². The van der Waals surface area contributed by atoms with E-state index in [1.165, 1.54) is 6.20 Å². The van der Waals surface area contributed by atoms with Gasteiger partial charge in [-0.15, -0.1) is 0 Å². The van der Waals surface area contributed by atoms with E-state index in [0.717, 1.165) is 25.7 Å². The van der Waals surface area contributed by atoms with Crippen LogP contribution < -0.4 is 10.2 Å². The number of ether oxygens (including phenoxy) is 1. The molecule has 1 aliphatic carbocycles. The predicted molar refractivity (Wildman–Crippen MR) is 107 cm³/mol. The van der Waals surface area contributed by atoms with Crippen LogP contribution in [0.5, 0.6) is 0 Å². The van der Waals surface area contributed by atoms with Gasteiger partial charge in [0, 0.05) is 13.2 Å². The summed E-state index contributed by atoms with van der Waals surface area (Å²) in [7, 11) is 1.73. The Hall–Kier alpha value is -2.65. The Kier molecular flexibility index (Phi) is 5.18. The summed E-state index contributed by atoms with van der Waals surface area (Å²) in [5.74, 6) is 1.13. The maximum absolute atomic E-state index is 12.7. The monoisotopic (exact) mass is 398 g/mol. The Balaban J connectivity index is 1.64. The zero-order valence-electron chi connectivity index (χ0n) is 16.9. The third-order valence-corrected chi connectivity index (χ3v) is 5.54. The molecule has 0 saturated heterocycles. The quantitative estimate of drug-likeness (QED) is 0.803. The fourth-order valence-corrected chi connectivity index (χ4v) is 3.85. The summed E-state index contributed by atoms with van der Waals surface area (Å²) < 4.78 is 5.46. The van der Waals surface area contributed by atoms with E-state index >= 15 is 0 Å². The number of aliphatic hydroxyl groups is 1. The van der Waals surface area contributed by atoms with Crippen molar-refractivity contribution in [3.05, 3.63) is 24.3 Å². The van der Waals surface area contributed by atoms with E-state index < -0.39 is 5.60 Å². The van der Waals surface area contributed by atoms with Crippen LogP contribution in [-0.4, -0.2) is 56.7 Å². The number of carbonyl (C=O) groups is 1. The molecule has 9 heteroatoms. The van der Waals surface area contributed by atoms with E-state index in [1.807, 2.05) is 0 Å². The summed E-state index contributed by atoms with van der Waals surface area (Å²) in [4.78, 5) is 32.3. The van der Waals surface area contributed by atoms with Crippen LogP contribution in [0.4, 0.5) is 11.6 Å². The van der Waals surface area contributed by atoms with Gasteiger partial charge in [0.25, 0.3) is 0 Å². The van der Waals surface area contributed by atoms with E-state index in [2.05, 4.69) is 20.3 Å². The SMILES string of the molecule is CO[C@H]1CC[C@H](N2C(=O)CNc3ncc(-c4cnc(C(C)(C)O)cn4)nc32)CC1. The van der Waals surface area contributed by atoms with Gasteiger partial charge >= 0.3 is 0 Å². The summed E-state index contributed by atoms with van der Waals surface area (Å²) >= 11 is 0. The van der Waals surface area contributed by atoms with Crippen molar-refractivity contribution >= 4 is 17.5 Å². The number of methoxy groups -OCH3 is 1. The molecule has 1 amide bonds. The molecule has 1 saturated carbocycles. The average molecular weight is 398 g/mol. The highest BCUT2D eigenvalue weighted by atomic mass is 16.5. The highest BCUT2D eigenvalue weighted by molar-refractivity contribution is 6.01. The van der Waals surface area contributed by atoms with Crippen LogP contribution in [-0.2, 0) is 15.1 Å². The smallest absolute Gasteiger partial charge is 0.247 e. The molecule has 0 atom stereocenters. The third-order valence-electron chi connectivity index (χ3n) is 5.54. The van der Waals surface area contributed by atoms with Gasteiger partial charge in [-0.3, -0.25) is 19.7 Å². The Morgan fingerprint density at radius 1 is 1.10 bits per heavy atom. The maximum atomic E-state index is 12.7. The van der Waals surface area contributed by atoms with Crippen molar-refractivity contribution in [2.45, 2.75) is 57.3 Å². The molecule has 2 aromatic rings. The first-order chi connectivity index (χ1) is 13.9. The molecule has 0 radical (unpaired) electrons. The Morgan fingerprint density at radius 2 is 1.83 bits per heavy atom. The summed E-state index contributed by atoms with van der Waals surface area (Å²) in [5, 5.41) is 13.1. The number of anilines is 2. The van der Waals surface area contributed by atoms with Gasteiger partial charge in [-0.25, -0.2) is 9.97 Å². The van der Waals surface area contributed by atoms with Crippen molar-refractivity contribution in [3.63, 3.8) is 0 Å². The minimum atomic E-state index is -1.07. The number of nitrogens with zero attached hydrogens (tertiary/aromatic N) is 5. The lowest BCUT2D eigenvalue weighted by molar-refractivity contribution is -0.118. The van der Waals surface area contributed by atoms with Crippen LogP contribution in [0.3, 0.4) is 0 Å². The van der Waals surface area contributed by atoms with Gasteiger partial charge < -0.3 is 15.2 Å². The second kappa shape index (κ2) is 7.64. The number of nitrogens with one attached hydrogen (secondary N) is 1. The van der Waals surface area contributed by atoms with Gasteiger partial charge in [0.05, 0.1) is 36.9 Å². The predicted octanol–water partition coefficient (Wildman–Crippen LogP) is 1.88. The van der Waals surface area contributed by atoms with Crippen LogP contribution in [0.25, 0.3) is 11.4 Å². The fraction of sp³-hybridized carbons (Fsp3) is 0.550. The van der Waals surface area contributed by atoms with Crippen LogP contribution in [0.15, 0.2) is 18.6 Å². The molecule has 2 N–H and O–H groups in total. The lowest BCUT2D eigenvalue weighted by atomic mass is 9.91. The normalized spacial score (nSPS) is 22.2. The molecule has 0 unspecified atom stereocenters. The minimum Gasteiger partial charge on any atom is -0.384 e. The second-order valence-electron chi connectivity index (χ2n) is 8.06. The van der Waals surface area contributed by atoms with Crippen molar-refractivity contribution in [2.24, 2.45) is 0 Å². The molecule has 0 aromatic carbocycles. The van der Waals surface area contributed by atoms with E-state index in [9.17, 15) is 9.90 Å². The Bertz CT molecular complexity index is 888. The van der Waals surface area contributed by atoms with E-state index in [4.69, 9.17) is 9.72 Å². The first-order valence-corrected chi connectivity index (χ1v) is 9.88. The zero-order valence-corrected chi connectivity index (χ0v) is 16.9. The average Bonchev–Trinajstić information content (AvgIpc) is 2.73. The second-order valence-corrected chi connectivity index (χ2v) is 8.06. The Labute approximate surface area is 169 Å². The standard InChI is InChI=1S/C20H26N6O3/c1-20(2,28)16-10-21-14(8-22-16)15-9-23-18-19(25-15)26(17(27)11-24-18)12-4-6-13(29-3)7-5-12/h8-10,12-13,28H,4-7,11H2,1-3H3,(H,23,24)/t12-,13-. The molecule has 0 spiro atoms. The minimum absolute atomic E-state index is 0.00622. The van der Waals surface area contributed by atoms with Crippen LogP contribution in [0.2, 0.25) is 0 Å². The lowest BCUT2D eigenvalue weighted by Gasteiger charge is -2.38. The molecule has 29 heavy (non-hydrogen) atoms. The summed E-state index contributed by atoms with van der Waals surface area (Å²) in [6.07, 6.45) is 8.56. The van der Waals surface area contributed by atoms with Gasteiger partial charge in [0.2, 0.25) is 5.91 Å². The van der Waals surface area contributed by atoms with Gasteiger partial charge in [-0.1, -0.05) is 0 Å². The van der Waals surface area contributed by atoms with Crippen LogP contribution in [0.1, 0.15) is 45.2 Å². The van der Waals surface area contributed by atoms with Gasteiger partial charge in [0.15, 0.2) is 11.6 Å². The molecular weight excluding hydrogens is 372 g/mol. The van der Waals surface area contributed by atoms with Crippen molar-refractivity contribution < 1.29 is 14.6 Å². The summed E-state index contributed by atoms with van der Waals surface area (Å²) in [6.45, 7) is 3.52. The lowest BCUT2D eigenvalue weighted by Crippen LogP contribution is -2.49. The topological polar surface area (TPSA) is 113 Å². The van der Waals surface area contributed by atoms with Crippen molar-refractivity contribution in [2.75, 3.05) is 23.9 Å². The first-order valence-electron chi connectivity index (χ1n) is 9.88. The summed E-state index contributed by atoms with van der Waals surface area (Å²) in [5.41, 5.74) is 0.474. The molecule has 3 heterocycles. The van der Waals surface area contributed by atoms with E-state index in [-0.39, 0.29) is 24.6 Å².